The zero-order chi connectivity index (χ0) is 17.7. The number of aryl methyl sites for hydroxylation is 1. The molecule has 130 valence electrons. The number of amides is 1. The van der Waals surface area contributed by atoms with Crippen LogP contribution in [-0.2, 0) is 25.5 Å². The van der Waals surface area contributed by atoms with Gasteiger partial charge in [-0.1, -0.05) is 29.8 Å². The average molecular weight is 343 g/mol. The van der Waals surface area contributed by atoms with Crippen LogP contribution in [0.4, 0.5) is 4.79 Å². The van der Waals surface area contributed by atoms with Crippen molar-refractivity contribution < 1.29 is 22.1 Å². The molecule has 7 heteroatoms. The predicted octanol–water partition coefficient (Wildman–Crippen LogP) is 2.41. The summed E-state index contributed by atoms with van der Waals surface area (Å²) in [5, 5.41) is 2.66. The highest BCUT2D eigenvalue weighted by Gasteiger charge is 2.21. The molecule has 0 saturated heterocycles. The smallest absolute Gasteiger partial charge is 0.407 e. The molecule has 0 aliphatic heterocycles. The Morgan fingerprint density at radius 2 is 1.78 bits per heavy atom. The van der Waals surface area contributed by atoms with Gasteiger partial charge in [-0.05, 0) is 39.7 Å². The maximum atomic E-state index is 11.9. The Morgan fingerprint density at radius 1 is 1.22 bits per heavy atom. The van der Waals surface area contributed by atoms with Gasteiger partial charge >= 0.3 is 6.09 Å². The summed E-state index contributed by atoms with van der Waals surface area (Å²) in [6, 6.07) is 7.26. The fourth-order valence-corrected chi connectivity index (χ4v) is 2.25. The summed E-state index contributed by atoms with van der Waals surface area (Å²) in [5.41, 5.74) is 1.46. The van der Waals surface area contributed by atoms with E-state index in [1.165, 1.54) is 0 Å². The topological polar surface area (TPSA) is 81.7 Å². The summed E-state index contributed by atoms with van der Waals surface area (Å²) < 4.78 is 32.4. The van der Waals surface area contributed by atoms with Crippen LogP contribution in [0.2, 0.25) is 0 Å². The van der Waals surface area contributed by atoms with E-state index in [0.717, 1.165) is 17.4 Å². The van der Waals surface area contributed by atoms with Crippen molar-refractivity contribution in [2.24, 2.45) is 0 Å². The summed E-state index contributed by atoms with van der Waals surface area (Å²) in [5.74, 6) is 0. The van der Waals surface area contributed by atoms with Crippen LogP contribution in [0.1, 0.15) is 31.9 Å². The second kappa shape index (κ2) is 7.79. The van der Waals surface area contributed by atoms with Crippen LogP contribution in [0.5, 0.6) is 0 Å². The number of hydrogen-bond acceptors (Lipinski definition) is 5. The monoisotopic (exact) mass is 343 g/mol. The van der Waals surface area contributed by atoms with Crippen LogP contribution in [0.15, 0.2) is 24.3 Å². The van der Waals surface area contributed by atoms with E-state index in [2.05, 4.69) is 5.32 Å². The van der Waals surface area contributed by atoms with Crippen molar-refractivity contribution >= 4 is 16.2 Å². The molecule has 1 amide bonds. The highest BCUT2D eigenvalue weighted by atomic mass is 32.2. The van der Waals surface area contributed by atoms with Gasteiger partial charge in [0.1, 0.15) is 5.60 Å². The molecule has 0 fully saturated rings. The lowest BCUT2D eigenvalue weighted by Gasteiger charge is -2.23. The molecule has 23 heavy (non-hydrogen) atoms. The largest absolute Gasteiger partial charge is 0.444 e. The molecule has 0 radical (unpaired) electrons. The third kappa shape index (κ3) is 9.20. The highest BCUT2D eigenvalue weighted by Crippen LogP contribution is 2.10. The van der Waals surface area contributed by atoms with E-state index in [-0.39, 0.29) is 6.61 Å². The number of carbonyl (C=O) groups is 1. The van der Waals surface area contributed by atoms with Gasteiger partial charge in [0.2, 0.25) is 0 Å². The van der Waals surface area contributed by atoms with Crippen molar-refractivity contribution in [3.8, 4) is 0 Å². The number of hydrogen-bond donors (Lipinski definition) is 1. The van der Waals surface area contributed by atoms with Gasteiger partial charge < -0.3 is 10.1 Å². The number of alkyl carbamates (subject to hydrolysis) is 1. The fourth-order valence-electron chi connectivity index (χ4n) is 1.84. The van der Waals surface area contributed by atoms with Crippen LogP contribution in [-0.4, -0.2) is 39.0 Å². The van der Waals surface area contributed by atoms with Gasteiger partial charge in [0.15, 0.2) is 0 Å². The minimum absolute atomic E-state index is 0.147. The first-order valence-corrected chi connectivity index (χ1v) is 9.16. The first-order chi connectivity index (χ1) is 10.4. The van der Waals surface area contributed by atoms with Crippen LogP contribution in [0.3, 0.4) is 0 Å². The Balaban J connectivity index is 2.75. The molecule has 0 saturated carbocycles. The molecule has 0 spiro atoms. The Labute approximate surface area is 138 Å². The number of ether oxygens (including phenoxy) is 1. The number of nitrogens with one attached hydrogen (secondary N) is 1. The maximum Gasteiger partial charge on any atom is 0.407 e. The molecule has 0 unspecified atom stereocenters. The molecule has 0 aliphatic rings. The summed E-state index contributed by atoms with van der Waals surface area (Å²) in [4.78, 5) is 11.9. The second-order valence-electron chi connectivity index (χ2n) is 6.52. The molecular weight excluding hydrogens is 318 g/mol. The molecule has 0 aromatic heterocycles. The zero-order valence-electron chi connectivity index (χ0n) is 14.3. The Morgan fingerprint density at radius 3 is 2.26 bits per heavy atom. The zero-order valence-corrected chi connectivity index (χ0v) is 15.1. The number of carbonyl (C=O) groups excluding carboxylic acids is 1. The van der Waals surface area contributed by atoms with E-state index in [1.807, 2.05) is 31.2 Å². The van der Waals surface area contributed by atoms with Gasteiger partial charge in [0, 0.05) is 0 Å². The standard InChI is InChI=1S/C16H25NO5S/c1-12-6-8-13(9-7-12)10-14(11-21-23(5,19)20)17-15(18)22-16(2,3)4/h6-9,14H,10-11H2,1-5H3,(H,17,18)/t14-/m0/s1. The number of benzene rings is 1. The van der Waals surface area contributed by atoms with Crippen molar-refractivity contribution in [2.45, 2.75) is 45.8 Å². The molecule has 1 rings (SSSR count). The summed E-state index contributed by atoms with van der Waals surface area (Å²) >= 11 is 0. The fraction of sp³-hybridized carbons (Fsp3) is 0.562. The van der Waals surface area contributed by atoms with E-state index >= 15 is 0 Å². The lowest BCUT2D eigenvalue weighted by Crippen LogP contribution is -2.43. The quantitative estimate of drug-likeness (QED) is 0.802. The molecule has 0 heterocycles. The lowest BCUT2D eigenvalue weighted by atomic mass is 10.1. The summed E-state index contributed by atoms with van der Waals surface area (Å²) in [7, 11) is -3.58. The van der Waals surface area contributed by atoms with E-state index in [1.54, 1.807) is 20.8 Å². The van der Waals surface area contributed by atoms with Crippen molar-refractivity contribution in [3.05, 3.63) is 35.4 Å². The van der Waals surface area contributed by atoms with E-state index < -0.39 is 27.9 Å². The van der Waals surface area contributed by atoms with Gasteiger partial charge in [-0.3, -0.25) is 4.18 Å². The Hall–Kier alpha value is -1.60. The molecule has 0 aliphatic carbocycles. The van der Waals surface area contributed by atoms with E-state index in [4.69, 9.17) is 8.92 Å². The van der Waals surface area contributed by atoms with Gasteiger partial charge in [-0.15, -0.1) is 0 Å². The normalized spacial score (nSPS) is 13.4. The summed E-state index contributed by atoms with van der Waals surface area (Å²) in [6.07, 6.45) is 0.810. The van der Waals surface area contributed by atoms with Crippen LogP contribution >= 0.6 is 0 Å². The molecule has 1 N–H and O–H groups in total. The third-order valence-corrected chi connectivity index (χ3v) is 3.37. The van der Waals surface area contributed by atoms with Crippen molar-refractivity contribution in [1.29, 1.82) is 0 Å². The summed E-state index contributed by atoms with van der Waals surface area (Å²) in [6.45, 7) is 7.11. The minimum Gasteiger partial charge on any atom is -0.444 e. The molecular formula is C16H25NO5S. The van der Waals surface area contributed by atoms with Crippen LogP contribution in [0, 0.1) is 6.92 Å². The van der Waals surface area contributed by atoms with Crippen molar-refractivity contribution in [2.75, 3.05) is 12.9 Å². The van der Waals surface area contributed by atoms with Crippen molar-refractivity contribution in [1.82, 2.24) is 5.32 Å². The first-order valence-electron chi connectivity index (χ1n) is 7.34. The lowest BCUT2D eigenvalue weighted by molar-refractivity contribution is 0.0488. The van der Waals surface area contributed by atoms with Crippen LogP contribution in [0.25, 0.3) is 0 Å². The molecule has 1 aromatic rings. The van der Waals surface area contributed by atoms with E-state index in [0.29, 0.717) is 6.42 Å². The molecule has 1 atom stereocenters. The highest BCUT2D eigenvalue weighted by molar-refractivity contribution is 7.85. The van der Waals surface area contributed by atoms with Crippen molar-refractivity contribution in [3.63, 3.8) is 0 Å². The first kappa shape index (κ1) is 19.4. The Kier molecular flexibility index (Phi) is 6.58. The molecule has 6 nitrogen and oxygen atoms in total. The predicted molar refractivity (Wildman–Crippen MR) is 88.8 cm³/mol. The molecule has 0 bridgehead atoms. The third-order valence-electron chi connectivity index (χ3n) is 2.81. The van der Waals surface area contributed by atoms with Gasteiger partial charge in [-0.2, -0.15) is 8.42 Å². The van der Waals surface area contributed by atoms with Crippen LogP contribution < -0.4 is 5.32 Å². The SMILES string of the molecule is Cc1ccc(C[C@@H](COS(C)(=O)=O)NC(=O)OC(C)(C)C)cc1. The Bertz CT molecular complexity index is 617. The minimum atomic E-state index is -3.58. The van der Waals surface area contributed by atoms with Gasteiger partial charge in [0.05, 0.1) is 18.9 Å². The van der Waals surface area contributed by atoms with Gasteiger partial charge in [-0.25, -0.2) is 4.79 Å². The average Bonchev–Trinajstić information content (AvgIpc) is 2.35. The molecule has 1 aromatic carbocycles. The van der Waals surface area contributed by atoms with Gasteiger partial charge in [0.25, 0.3) is 10.1 Å². The second-order valence-corrected chi connectivity index (χ2v) is 8.17. The maximum absolute atomic E-state index is 11.9. The number of rotatable bonds is 6. The van der Waals surface area contributed by atoms with E-state index in [9.17, 15) is 13.2 Å².